The normalized spacial score (nSPS) is 11.2. The molecular weight excluding hydrogens is 343 g/mol. The number of hydrogen-bond acceptors (Lipinski definition) is 3. The van der Waals surface area contributed by atoms with E-state index in [1.165, 1.54) is 30.6 Å². The number of anilines is 2. The SMILES string of the molecule is CCCNC(=O)c1cncc(Nc2ccc(Cl)cc2C(F)(F)F)c1. The highest BCUT2D eigenvalue weighted by molar-refractivity contribution is 6.30. The topological polar surface area (TPSA) is 54.0 Å². The van der Waals surface area contributed by atoms with Crippen LogP contribution in [0.3, 0.4) is 0 Å². The highest BCUT2D eigenvalue weighted by atomic mass is 35.5. The van der Waals surface area contributed by atoms with Gasteiger partial charge in [-0.1, -0.05) is 18.5 Å². The van der Waals surface area contributed by atoms with Crippen LogP contribution in [0.15, 0.2) is 36.7 Å². The molecule has 8 heteroatoms. The van der Waals surface area contributed by atoms with Gasteiger partial charge in [-0.2, -0.15) is 13.2 Å². The highest BCUT2D eigenvalue weighted by Crippen LogP contribution is 2.37. The van der Waals surface area contributed by atoms with Crippen LogP contribution in [0.1, 0.15) is 29.3 Å². The number of nitrogens with zero attached hydrogens (tertiary/aromatic N) is 1. The highest BCUT2D eigenvalue weighted by Gasteiger charge is 2.33. The molecule has 0 atom stereocenters. The van der Waals surface area contributed by atoms with Gasteiger partial charge in [0.05, 0.1) is 28.7 Å². The van der Waals surface area contributed by atoms with Gasteiger partial charge in [-0.05, 0) is 30.7 Å². The molecule has 128 valence electrons. The molecule has 2 rings (SSSR count). The van der Waals surface area contributed by atoms with Crippen LogP contribution in [0.5, 0.6) is 0 Å². The molecule has 1 heterocycles. The van der Waals surface area contributed by atoms with Crippen molar-refractivity contribution >= 4 is 28.9 Å². The van der Waals surface area contributed by atoms with Gasteiger partial charge in [0.15, 0.2) is 0 Å². The fourth-order valence-electron chi connectivity index (χ4n) is 1.99. The molecule has 0 aliphatic rings. The first kappa shape index (κ1) is 18.1. The van der Waals surface area contributed by atoms with Crippen LogP contribution in [-0.2, 0) is 6.18 Å². The molecule has 2 N–H and O–H groups in total. The van der Waals surface area contributed by atoms with Gasteiger partial charge in [0.25, 0.3) is 5.91 Å². The Balaban J connectivity index is 2.28. The molecule has 4 nitrogen and oxygen atoms in total. The molecule has 1 aromatic heterocycles. The summed E-state index contributed by atoms with van der Waals surface area (Å²) in [4.78, 5) is 15.8. The number of aromatic nitrogens is 1. The quantitative estimate of drug-likeness (QED) is 0.819. The summed E-state index contributed by atoms with van der Waals surface area (Å²) in [5.41, 5.74) is -0.529. The standard InChI is InChI=1S/C16H15ClF3N3O/c1-2-5-22-15(24)10-6-12(9-21-8-10)23-14-4-3-11(17)7-13(14)16(18,19)20/h3-4,6-9,23H,2,5H2,1H3,(H,22,24). The first-order valence-electron chi connectivity index (χ1n) is 7.18. The maximum absolute atomic E-state index is 13.1. The molecular formula is C16H15ClF3N3O. The van der Waals surface area contributed by atoms with E-state index in [9.17, 15) is 18.0 Å². The zero-order valence-electron chi connectivity index (χ0n) is 12.7. The van der Waals surface area contributed by atoms with Crippen molar-refractivity contribution in [1.82, 2.24) is 10.3 Å². The van der Waals surface area contributed by atoms with Crippen LogP contribution in [0.4, 0.5) is 24.5 Å². The zero-order valence-corrected chi connectivity index (χ0v) is 13.5. The lowest BCUT2D eigenvalue weighted by atomic mass is 10.1. The summed E-state index contributed by atoms with van der Waals surface area (Å²) < 4.78 is 39.3. The van der Waals surface area contributed by atoms with E-state index in [-0.39, 0.29) is 27.9 Å². The molecule has 0 radical (unpaired) electrons. The number of pyridine rings is 1. The van der Waals surface area contributed by atoms with Gasteiger partial charge in [0.1, 0.15) is 0 Å². The number of rotatable bonds is 5. The largest absolute Gasteiger partial charge is 0.418 e. The number of carbonyl (C=O) groups is 1. The summed E-state index contributed by atoms with van der Waals surface area (Å²) >= 11 is 5.65. The van der Waals surface area contributed by atoms with Crippen LogP contribution >= 0.6 is 11.6 Å². The van der Waals surface area contributed by atoms with Crippen LogP contribution in [0, 0.1) is 0 Å². The summed E-state index contributed by atoms with van der Waals surface area (Å²) in [7, 11) is 0. The van der Waals surface area contributed by atoms with E-state index >= 15 is 0 Å². The van der Waals surface area contributed by atoms with Crippen molar-refractivity contribution in [1.29, 1.82) is 0 Å². The van der Waals surface area contributed by atoms with E-state index in [1.807, 2.05) is 6.92 Å². The number of hydrogen-bond donors (Lipinski definition) is 2. The van der Waals surface area contributed by atoms with Crippen molar-refractivity contribution in [3.8, 4) is 0 Å². The maximum Gasteiger partial charge on any atom is 0.418 e. The average Bonchev–Trinajstić information content (AvgIpc) is 2.53. The third-order valence-corrected chi connectivity index (χ3v) is 3.34. The number of alkyl halides is 3. The van der Waals surface area contributed by atoms with Gasteiger partial charge < -0.3 is 10.6 Å². The molecule has 0 spiro atoms. The number of halogens is 4. The van der Waals surface area contributed by atoms with Gasteiger partial charge in [0, 0.05) is 17.8 Å². The summed E-state index contributed by atoms with van der Waals surface area (Å²) in [6.45, 7) is 2.42. The lowest BCUT2D eigenvalue weighted by Crippen LogP contribution is -2.24. The zero-order chi connectivity index (χ0) is 17.7. The molecule has 0 fully saturated rings. The second-order valence-electron chi connectivity index (χ2n) is 5.03. The summed E-state index contributed by atoms with van der Waals surface area (Å²) in [5, 5.41) is 5.30. The van der Waals surface area contributed by atoms with E-state index < -0.39 is 11.7 Å². The first-order valence-corrected chi connectivity index (χ1v) is 7.56. The molecule has 0 saturated carbocycles. The Hall–Kier alpha value is -2.28. The second-order valence-corrected chi connectivity index (χ2v) is 5.47. The van der Waals surface area contributed by atoms with Crippen molar-refractivity contribution in [2.75, 3.05) is 11.9 Å². The number of carbonyl (C=O) groups excluding carboxylic acids is 1. The Labute approximate surface area is 142 Å². The summed E-state index contributed by atoms with van der Waals surface area (Å²) in [6, 6.07) is 4.86. The average molecular weight is 358 g/mol. The third-order valence-electron chi connectivity index (χ3n) is 3.10. The minimum absolute atomic E-state index is 0.0151. The molecule has 0 unspecified atom stereocenters. The maximum atomic E-state index is 13.1. The molecule has 1 aromatic carbocycles. The van der Waals surface area contributed by atoms with Crippen molar-refractivity contribution in [3.63, 3.8) is 0 Å². The first-order chi connectivity index (χ1) is 11.3. The van der Waals surface area contributed by atoms with E-state index in [0.29, 0.717) is 6.54 Å². The van der Waals surface area contributed by atoms with Crippen molar-refractivity contribution in [2.24, 2.45) is 0 Å². The monoisotopic (exact) mass is 357 g/mol. The van der Waals surface area contributed by atoms with Gasteiger partial charge in [0.2, 0.25) is 0 Å². The van der Waals surface area contributed by atoms with Crippen LogP contribution in [-0.4, -0.2) is 17.4 Å². The fraction of sp³-hybridized carbons (Fsp3) is 0.250. The third kappa shape index (κ3) is 4.61. The Morgan fingerprint density at radius 3 is 2.67 bits per heavy atom. The van der Waals surface area contributed by atoms with Crippen molar-refractivity contribution in [2.45, 2.75) is 19.5 Å². The Bertz CT molecular complexity index is 735. The molecule has 24 heavy (non-hydrogen) atoms. The van der Waals surface area contributed by atoms with Gasteiger partial charge >= 0.3 is 6.18 Å². The molecule has 2 aromatic rings. The van der Waals surface area contributed by atoms with Crippen LogP contribution in [0.2, 0.25) is 5.02 Å². The minimum atomic E-state index is -4.56. The van der Waals surface area contributed by atoms with Crippen LogP contribution < -0.4 is 10.6 Å². The number of benzene rings is 1. The smallest absolute Gasteiger partial charge is 0.354 e. The van der Waals surface area contributed by atoms with Gasteiger partial charge in [-0.25, -0.2) is 0 Å². The van der Waals surface area contributed by atoms with E-state index in [2.05, 4.69) is 15.6 Å². The predicted molar refractivity (Wildman–Crippen MR) is 86.6 cm³/mol. The fourth-order valence-corrected chi connectivity index (χ4v) is 2.16. The number of amides is 1. The van der Waals surface area contributed by atoms with Gasteiger partial charge in [-0.3, -0.25) is 9.78 Å². The number of nitrogens with one attached hydrogen (secondary N) is 2. The molecule has 1 amide bonds. The Morgan fingerprint density at radius 2 is 2.00 bits per heavy atom. The Morgan fingerprint density at radius 1 is 1.25 bits per heavy atom. The van der Waals surface area contributed by atoms with Crippen LogP contribution in [0.25, 0.3) is 0 Å². The lowest BCUT2D eigenvalue weighted by molar-refractivity contribution is -0.136. The van der Waals surface area contributed by atoms with Gasteiger partial charge in [-0.15, -0.1) is 0 Å². The molecule has 0 bridgehead atoms. The summed E-state index contributed by atoms with van der Waals surface area (Å²) in [6.07, 6.45) is -1.10. The van der Waals surface area contributed by atoms with E-state index in [0.717, 1.165) is 12.5 Å². The lowest BCUT2D eigenvalue weighted by Gasteiger charge is -2.15. The van der Waals surface area contributed by atoms with Crippen molar-refractivity contribution < 1.29 is 18.0 Å². The molecule has 0 saturated heterocycles. The van der Waals surface area contributed by atoms with E-state index in [1.54, 1.807) is 0 Å². The Kier molecular flexibility index (Phi) is 5.66. The second kappa shape index (κ2) is 7.53. The van der Waals surface area contributed by atoms with Crippen molar-refractivity contribution in [3.05, 3.63) is 52.8 Å². The van der Waals surface area contributed by atoms with E-state index in [4.69, 9.17) is 11.6 Å². The summed E-state index contributed by atoms with van der Waals surface area (Å²) in [5.74, 6) is -0.333. The molecule has 0 aliphatic heterocycles. The minimum Gasteiger partial charge on any atom is -0.354 e. The predicted octanol–water partition coefficient (Wildman–Crippen LogP) is 4.64. The molecule has 0 aliphatic carbocycles.